The van der Waals surface area contributed by atoms with Crippen LogP contribution >= 0.6 is 0 Å². The highest BCUT2D eigenvalue weighted by Gasteiger charge is 1.97. The van der Waals surface area contributed by atoms with Gasteiger partial charge >= 0.3 is 11.9 Å². The van der Waals surface area contributed by atoms with Crippen molar-refractivity contribution in [2.75, 3.05) is 13.7 Å². The fourth-order valence-electron chi connectivity index (χ4n) is 0.742. The molecule has 0 radical (unpaired) electrons. The average Bonchev–Trinajstić information content (AvgIpc) is 2.30. The lowest BCUT2D eigenvalue weighted by Gasteiger charge is -1.95. The van der Waals surface area contributed by atoms with Gasteiger partial charge in [0.2, 0.25) is 0 Å². The summed E-state index contributed by atoms with van der Waals surface area (Å²) in [6.07, 6.45) is 7.93. The predicted octanol–water partition coefficient (Wildman–Crippen LogP) is 0.752. The van der Waals surface area contributed by atoms with Crippen molar-refractivity contribution in [1.29, 1.82) is 0 Å². The molecule has 0 aliphatic carbocycles. The first-order valence-electron chi connectivity index (χ1n) is 5.00. The zero-order valence-electron chi connectivity index (χ0n) is 9.83. The Balaban J connectivity index is 3.79. The topological polar surface area (TPSA) is 72.8 Å². The number of hydrogen-bond donors (Lipinski definition) is 1. The van der Waals surface area contributed by atoms with Crippen molar-refractivity contribution >= 4 is 11.9 Å². The SMILES string of the molecule is COC(=O)/C=C\C(=O)OC/C=C/C=C/[C@H](C)O. The van der Waals surface area contributed by atoms with Crippen LogP contribution in [-0.4, -0.2) is 36.9 Å². The highest BCUT2D eigenvalue weighted by molar-refractivity contribution is 5.91. The third-order valence-corrected chi connectivity index (χ3v) is 1.52. The summed E-state index contributed by atoms with van der Waals surface area (Å²) >= 11 is 0. The largest absolute Gasteiger partial charge is 0.466 e. The second kappa shape index (κ2) is 9.35. The molecule has 0 aromatic rings. The molecule has 0 rings (SSSR count). The maximum Gasteiger partial charge on any atom is 0.331 e. The van der Waals surface area contributed by atoms with E-state index in [0.29, 0.717) is 0 Å². The van der Waals surface area contributed by atoms with Crippen molar-refractivity contribution in [1.82, 2.24) is 0 Å². The molecule has 94 valence electrons. The molecule has 0 spiro atoms. The molecule has 0 aliphatic heterocycles. The number of rotatable bonds is 6. The molecular formula is C12H16O5. The Bertz CT molecular complexity index is 326. The molecule has 1 atom stereocenters. The summed E-state index contributed by atoms with van der Waals surface area (Å²) in [7, 11) is 1.22. The Hall–Kier alpha value is -1.88. The van der Waals surface area contributed by atoms with Gasteiger partial charge in [0.15, 0.2) is 0 Å². The van der Waals surface area contributed by atoms with Gasteiger partial charge in [-0.05, 0) is 13.0 Å². The molecule has 0 heterocycles. The van der Waals surface area contributed by atoms with E-state index < -0.39 is 18.0 Å². The van der Waals surface area contributed by atoms with Gasteiger partial charge in [-0.1, -0.05) is 18.2 Å². The second-order valence-electron chi connectivity index (χ2n) is 3.04. The lowest BCUT2D eigenvalue weighted by molar-refractivity contribution is -0.138. The molecule has 0 aromatic heterocycles. The number of hydrogen-bond acceptors (Lipinski definition) is 5. The quantitative estimate of drug-likeness (QED) is 0.421. The maximum absolute atomic E-state index is 11.0. The number of carbonyl (C=O) groups is 2. The van der Waals surface area contributed by atoms with E-state index in [1.54, 1.807) is 31.2 Å². The first kappa shape index (κ1) is 15.1. The van der Waals surface area contributed by atoms with Gasteiger partial charge in [0.25, 0.3) is 0 Å². The molecule has 0 fully saturated rings. The summed E-state index contributed by atoms with van der Waals surface area (Å²) in [5.74, 6) is -1.24. The summed E-state index contributed by atoms with van der Waals surface area (Å²) in [6, 6.07) is 0. The Morgan fingerprint density at radius 1 is 1.24 bits per heavy atom. The minimum Gasteiger partial charge on any atom is -0.466 e. The van der Waals surface area contributed by atoms with Gasteiger partial charge < -0.3 is 14.6 Å². The first-order valence-corrected chi connectivity index (χ1v) is 5.00. The Kier molecular flexibility index (Phi) is 8.32. The van der Waals surface area contributed by atoms with Crippen LogP contribution in [0.15, 0.2) is 36.5 Å². The van der Waals surface area contributed by atoms with Crippen molar-refractivity contribution in [3.63, 3.8) is 0 Å². The number of methoxy groups -OCH3 is 1. The van der Waals surface area contributed by atoms with E-state index in [0.717, 1.165) is 12.2 Å². The Morgan fingerprint density at radius 2 is 1.88 bits per heavy atom. The zero-order chi connectivity index (χ0) is 13.1. The van der Waals surface area contributed by atoms with Crippen LogP contribution in [0.25, 0.3) is 0 Å². The van der Waals surface area contributed by atoms with E-state index in [-0.39, 0.29) is 6.61 Å². The molecule has 0 saturated carbocycles. The highest BCUT2D eigenvalue weighted by atomic mass is 16.5. The van der Waals surface area contributed by atoms with Crippen molar-refractivity contribution in [3.05, 3.63) is 36.5 Å². The Labute approximate surface area is 100 Å². The fraction of sp³-hybridized carbons (Fsp3) is 0.333. The number of carbonyl (C=O) groups excluding carboxylic acids is 2. The number of esters is 2. The van der Waals surface area contributed by atoms with Crippen molar-refractivity contribution in [2.24, 2.45) is 0 Å². The number of ether oxygens (including phenoxy) is 2. The highest BCUT2D eigenvalue weighted by Crippen LogP contribution is 1.87. The van der Waals surface area contributed by atoms with Crippen LogP contribution in [-0.2, 0) is 19.1 Å². The number of aliphatic hydroxyl groups excluding tert-OH is 1. The van der Waals surface area contributed by atoms with E-state index >= 15 is 0 Å². The average molecular weight is 240 g/mol. The molecule has 0 saturated heterocycles. The lowest BCUT2D eigenvalue weighted by Crippen LogP contribution is -2.02. The van der Waals surface area contributed by atoms with Gasteiger partial charge in [0.05, 0.1) is 13.2 Å². The first-order chi connectivity index (χ1) is 8.06. The summed E-state index contributed by atoms with van der Waals surface area (Å²) in [5, 5.41) is 8.88. The summed E-state index contributed by atoms with van der Waals surface area (Å²) in [5.41, 5.74) is 0. The molecule has 5 heteroatoms. The molecule has 17 heavy (non-hydrogen) atoms. The fourth-order valence-corrected chi connectivity index (χ4v) is 0.742. The van der Waals surface area contributed by atoms with Crippen molar-refractivity contribution in [2.45, 2.75) is 13.0 Å². The van der Waals surface area contributed by atoms with Crippen molar-refractivity contribution < 1.29 is 24.2 Å². The standard InChI is InChI=1S/C12H16O5/c1-10(13)6-4-3-5-9-17-12(15)8-7-11(14)16-2/h3-8,10,13H,9H2,1-2H3/b5-3+,6-4+,8-7-/t10-/m0/s1. The Morgan fingerprint density at radius 3 is 2.47 bits per heavy atom. The van der Waals surface area contributed by atoms with Crippen LogP contribution in [0.4, 0.5) is 0 Å². The van der Waals surface area contributed by atoms with Gasteiger partial charge in [0.1, 0.15) is 6.61 Å². The van der Waals surface area contributed by atoms with Gasteiger partial charge in [-0.15, -0.1) is 0 Å². The monoisotopic (exact) mass is 240 g/mol. The molecular weight excluding hydrogens is 224 g/mol. The third-order valence-electron chi connectivity index (χ3n) is 1.52. The summed E-state index contributed by atoms with van der Waals surface area (Å²) in [6.45, 7) is 1.72. The van der Waals surface area contributed by atoms with Crippen molar-refractivity contribution in [3.8, 4) is 0 Å². The molecule has 0 amide bonds. The maximum atomic E-state index is 11.0. The van der Waals surface area contributed by atoms with E-state index in [9.17, 15) is 9.59 Å². The van der Waals surface area contributed by atoms with Crippen LogP contribution in [0.5, 0.6) is 0 Å². The zero-order valence-corrected chi connectivity index (χ0v) is 9.83. The van der Waals surface area contributed by atoms with E-state index in [4.69, 9.17) is 9.84 Å². The number of allylic oxidation sites excluding steroid dienone is 2. The smallest absolute Gasteiger partial charge is 0.331 e. The third kappa shape index (κ3) is 10.4. The van der Waals surface area contributed by atoms with Crippen LogP contribution in [0.2, 0.25) is 0 Å². The lowest BCUT2D eigenvalue weighted by atomic mass is 10.3. The van der Waals surface area contributed by atoms with E-state index in [1.165, 1.54) is 7.11 Å². The van der Waals surface area contributed by atoms with Crippen LogP contribution in [0, 0.1) is 0 Å². The molecule has 0 aliphatic rings. The van der Waals surface area contributed by atoms with Gasteiger partial charge in [0, 0.05) is 12.2 Å². The normalized spacial score (nSPS) is 13.4. The van der Waals surface area contributed by atoms with E-state index in [2.05, 4.69) is 4.74 Å². The van der Waals surface area contributed by atoms with Crippen LogP contribution < -0.4 is 0 Å². The van der Waals surface area contributed by atoms with Gasteiger partial charge in [-0.25, -0.2) is 9.59 Å². The number of aliphatic hydroxyl groups is 1. The second-order valence-corrected chi connectivity index (χ2v) is 3.04. The van der Waals surface area contributed by atoms with Crippen LogP contribution in [0.1, 0.15) is 6.92 Å². The van der Waals surface area contributed by atoms with E-state index in [1.807, 2.05) is 0 Å². The summed E-state index contributed by atoms with van der Waals surface area (Å²) in [4.78, 5) is 21.6. The molecule has 0 unspecified atom stereocenters. The minimum atomic E-state index is -0.625. The minimum absolute atomic E-state index is 0.0918. The molecule has 5 nitrogen and oxygen atoms in total. The van der Waals surface area contributed by atoms with Gasteiger partial charge in [-0.3, -0.25) is 0 Å². The van der Waals surface area contributed by atoms with Crippen LogP contribution in [0.3, 0.4) is 0 Å². The molecule has 1 N–H and O–H groups in total. The predicted molar refractivity (Wildman–Crippen MR) is 62.1 cm³/mol. The molecule has 0 aromatic carbocycles. The summed E-state index contributed by atoms with van der Waals surface area (Å²) < 4.78 is 9.03. The molecule has 0 bridgehead atoms. The van der Waals surface area contributed by atoms with Gasteiger partial charge in [-0.2, -0.15) is 0 Å².